The largest absolute Gasteiger partial charge is 0.433 e. The van der Waals surface area contributed by atoms with E-state index in [0.29, 0.717) is 11.9 Å². The minimum Gasteiger partial charge on any atom is -0.326 e. The van der Waals surface area contributed by atoms with Crippen LogP contribution in [-0.4, -0.2) is 20.6 Å². The molecular formula is C17H12F6N4. The molecule has 0 saturated carbocycles. The maximum Gasteiger partial charge on any atom is 0.433 e. The van der Waals surface area contributed by atoms with Crippen LogP contribution in [0.15, 0.2) is 24.4 Å². The van der Waals surface area contributed by atoms with Gasteiger partial charge in [-0.05, 0) is 17.7 Å². The van der Waals surface area contributed by atoms with Gasteiger partial charge in [0.1, 0.15) is 22.9 Å². The van der Waals surface area contributed by atoms with Crippen LogP contribution in [0.3, 0.4) is 0 Å². The number of hydrogen-bond acceptors (Lipinski definition) is 3. The van der Waals surface area contributed by atoms with Crippen molar-refractivity contribution >= 4 is 11.0 Å². The molecule has 1 aliphatic heterocycles. The third kappa shape index (κ3) is 2.93. The maximum atomic E-state index is 14.1. The van der Waals surface area contributed by atoms with Gasteiger partial charge in [0.05, 0.1) is 11.7 Å². The van der Waals surface area contributed by atoms with E-state index in [4.69, 9.17) is 5.73 Å². The minimum atomic E-state index is -4.60. The topological polar surface area (TPSA) is 56.7 Å². The second kappa shape index (κ2) is 5.95. The Balaban J connectivity index is 1.78. The average molecular weight is 386 g/mol. The Kier molecular flexibility index (Phi) is 3.91. The van der Waals surface area contributed by atoms with Crippen LogP contribution in [0.25, 0.3) is 11.0 Å². The molecule has 0 unspecified atom stereocenters. The number of nitrogens with two attached hydrogens (primary N) is 1. The van der Waals surface area contributed by atoms with Gasteiger partial charge >= 0.3 is 6.18 Å². The predicted octanol–water partition coefficient (Wildman–Crippen LogP) is 3.53. The smallest absolute Gasteiger partial charge is 0.326 e. The van der Waals surface area contributed by atoms with Crippen molar-refractivity contribution < 1.29 is 26.3 Å². The minimum absolute atomic E-state index is 0.0518. The Bertz CT molecular complexity index is 1040. The van der Waals surface area contributed by atoms with E-state index in [-0.39, 0.29) is 29.6 Å². The van der Waals surface area contributed by atoms with E-state index in [2.05, 4.69) is 9.97 Å². The normalized spacial score (nSPS) is 20.1. The molecule has 2 atom stereocenters. The quantitative estimate of drug-likeness (QED) is 0.514. The molecule has 0 bridgehead atoms. The van der Waals surface area contributed by atoms with Crippen LogP contribution in [0.2, 0.25) is 0 Å². The van der Waals surface area contributed by atoms with Gasteiger partial charge in [0.15, 0.2) is 11.6 Å². The summed E-state index contributed by atoms with van der Waals surface area (Å²) in [4.78, 5) is 7.61. The highest BCUT2D eigenvalue weighted by Crippen LogP contribution is 2.35. The van der Waals surface area contributed by atoms with Gasteiger partial charge in [-0.2, -0.15) is 13.2 Å². The SMILES string of the molecule is N[C@@H]1Cn2c(nc3cnc(C(F)(F)F)cc32)C[C@H]1c1cc(F)c(F)cc1F. The third-order valence-electron chi connectivity index (χ3n) is 4.76. The first-order valence-electron chi connectivity index (χ1n) is 7.97. The summed E-state index contributed by atoms with van der Waals surface area (Å²) in [7, 11) is 0. The molecule has 2 N–H and O–H groups in total. The number of rotatable bonds is 1. The van der Waals surface area contributed by atoms with Crippen molar-refractivity contribution in [3.05, 3.63) is 58.9 Å². The van der Waals surface area contributed by atoms with Crippen molar-refractivity contribution in [1.29, 1.82) is 0 Å². The predicted molar refractivity (Wildman–Crippen MR) is 83.3 cm³/mol. The van der Waals surface area contributed by atoms with E-state index in [9.17, 15) is 26.3 Å². The number of benzene rings is 1. The molecule has 0 spiro atoms. The fraction of sp³-hybridized carbons (Fsp3) is 0.294. The zero-order valence-electron chi connectivity index (χ0n) is 13.6. The highest BCUT2D eigenvalue weighted by molar-refractivity contribution is 5.76. The molecule has 2 aromatic heterocycles. The first kappa shape index (κ1) is 17.8. The van der Waals surface area contributed by atoms with Crippen LogP contribution < -0.4 is 5.73 Å². The Hall–Kier alpha value is -2.62. The van der Waals surface area contributed by atoms with Gasteiger partial charge in [0.25, 0.3) is 0 Å². The summed E-state index contributed by atoms with van der Waals surface area (Å²) in [5.74, 6) is -3.75. The van der Waals surface area contributed by atoms with Crippen molar-refractivity contribution in [2.24, 2.45) is 5.73 Å². The number of pyridine rings is 1. The summed E-state index contributed by atoms with van der Waals surface area (Å²) in [6, 6.07) is 1.37. The van der Waals surface area contributed by atoms with Gasteiger partial charge in [-0.25, -0.2) is 23.1 Å². The standard InChI is InChI=1S/C17H12F6N4/c18-9-3-11(20)10(19)1-7(9)8-2-16-26-13-5-25-15(17(21,22)23)4-14(13)27(16)6-12(8)24/h1,3-5,8,12H,2,6,24H2/t8-,12+/m0/s1. The van der Waals surface area contributed by atoms with Crippen molar-refractivity contribution in [1.82, 2.24) is 14.5 Å². The highest BCUT2D eigenvalue weighted by Gasteiger charge is 2.35. The molecule has 3 aromatic rings. The summed E-state index contributed by atoms with van der Waals surface area (Å²) in [6.07, 6.45) is -3.52. The first-order chi connectivity index (χ1) is 12.6. The summed E-state index contributed by atoms with van der Waals surface area (Å²) < 4.78 is 81.1. The molecule has 27 heavy (non-hydrogen) atoms. The molecule has 3 heterocycles. The van der Waals surface area contributed by atoms with Gasteiger partial charge in [-0.15, -0.1) is 0 Å². The van der Waals surface area contributed by atoms with E-state index in [1.165, 1.54) is 4.57 Å². The molecule has 0 saturated heterocycles. The summed E-state index contributed by atoms with van der Waals surface area (Å²) >= 11 is 0. The number of alkyl halides is 3. The Morgan fingerprint density at radius 1 is 1.04 bits per heavy atom. The van der Waals surface area contributed by atoms with Crippen LogP contribution in [0.1, 0.15) is 23.0 Å². The van der Waals surface area contributed by atoms with Crippen molar-refractivity contribution in [3.63, 3.8) is 0 Å². The lowest BCUT2D eigenvalue weighted by Crippen LogP contribution is -2.39. The molecule has 0 fully saturated rings. The van der Waals surface area contributed by atoms with E-state index in [1.54, 1.807) is 0 Å². The number of fused-ring (bicyclic) bond motifs is 3. The number of imidazole rings is 1. The molecule has 142 valence electrons. The summed E-state index contributed by atoms with van der Waals surface area (Å²) in [6.45, 7) is 0.0518. The molecule has 0 aliphatic carbocycles. The average Bonchev–Trinajstić information content (AvgIpc) is 2.93. The number of halogens is 6. The number of nitrogens with zero attached hydrogens (tertiary/aromatic N) is 3. The van der Waals surface area contributed by atoms with Gasteiger partial charge in [0, 0.05) is 31.0 Å². The van der Waals surface area contributed by atoms with Crippen molar-refractivity contribution in [2.75, 3.05) is 0 Å². The number of hydrogen-bond donors (Lipinski definition) is 1. The lowest BCUT2D eigenvalue weighted by atomic mass is 9.86. The van der Waals surface area contributed by atoms with Crippen LogP contribution in [0, 0.1) is 17.5 Å². The second-order valence-electron chi connectivity index (χ2n) is 6.46. The van der Waals surface area contributed by atoms with Gasteiger partial charge < -0.3 is 10.3 Å². The van der Waals surface area contributed by atoms with Gasteiger partial charge in [-0.3, -0.25) is 0 Å². The van der Waals surface area contributed by atoms with Crippen LogP contribution in [-0.2, 0) is 19.1 Å². The van der Waals surface area contributed by atoms with E-state index < -0.39 is 41.3 Å². The molecular weight excluding hydrogens is 374 g/mol. The Morgan fingerprint density at radius 2 is 1.74 bits per heavy atom. The second-order valence-corrected chi connectivity index (χ2v) is 6.46. The van der Waals surface area contributed by atoms with Crippen LogP contribution in [0.5, 0.6) is 0 Å². The fourth-order valence-corrected chi connectivity index (χ4v) is 3.44. The molecule has 4 rings (SSSR count). The molecule has 10 heteroatoms. The highest BCUT2D eigenvalue weighted by atomic mass is 19.4. The van der Waals surface area contributed by atoms with Crippen molar-refractivity contribution in [2.45, 2.75) is 31.1 Å². The van der Waals surface area contributed by atoms with Gasteiger partial charge in [0.2, 0.25) is 0 Å². The maximum absolute atomic E-state index is 14.1. The molecule has 1 aromatic carbocycles. The molecule has 0 amide bonds. The van der Waals surface area contributed by atoms with E-state index in [0.717, 1.165) is 18.3 Å². The zero-order valence-corrected chi connectivity index (χ0v) is 13.6. The lowest BCUT2D eigenvalue weighted by molar-refractivity contribution is -0.141. The Labute approximate surface area is 148 Å². The monoisotopic (exact) mass is 386 g/mol. The fourth-order valence-electron chi connectivity index (χ4n) is 3.44. The molecule has 0 radical (unpaired) electrons. The van der Waals surface area contributed by atoms with Crippen LogP contribution >= 0.6 is 0 Å². The van der Waals surface area contributed by atoms with Crippen LogP contribution in [0.4, 0.5) is 26.3 Å². The summed E-state index contributed by atoms with van der Waals surface area (Å²) in [5.41, 5.74) is 5.40. The zero-order chi connectivity index (χ0) is 19.5. The van der Waals surface area contributed by atoms with E-state index >= 15 is 0 Å². The Morgan fingerprint density at radius 3 is 2.44 bits per heavy atom. The van der Waals surface area contributed by atoms with Crippen molar-refractivity contribution in [3.8, 4) is 0 Å². The first-order valence-corrected chi connectivity index (χ1v) is 7.97. The molecule has 4 nitrogen and oxygen atoms in total. The van der Waals surface area contributed by atoms with E-state index in [1.807, 2.05) is 0 Å². The van der Waals surface area contributed by atoms with Gasteiger partial charge in [-0.1, -0.05) is 0 Å². The lowest BCUT2D eigenvalue weighted by Gasteiger charge is -2.30. The molecule has 1 aliphatic rings. The third-order valence-corrected chi connectivity index (χ3v) is 4.76. The number of aromatic nitrogens is 3. The summed E-state index contributed by atoms with van der Waals surface area (Å²) in [5, 5.41) is 0.